The van der Waals surface area contributed by atoms with Gasteiger partial charge in [-0.1, -0.05) is 36.4 Å². The third-order valence-corrected chi connectivity index (χ3v) is 5.31. The molecule has 3 unspecified atom stereocenters. The van der Waals surface area contributed by atoms with E-state index >= 15 is 0 Å². The fourth-order valence-corrected chi connectivity index (χ4v) is 4.15. The number of aliphatic hydroxyl groups excluding tert-OH is 1. The lowest BCUT2D eigenvalue weighted by Gasteiger charge is -2.45. The first kappa shape index (κ1) is 13.8. The first-order chi connectivity index (χ1) is 9.78. The minimum absolute atomic E-state index is 0.231. The number of aryl methyl sites for hydroxylation is 1. The van der Waals surface area contributed by atoms with E-state index in [4.69, 9.17) is 5.73 Å². The normalized spacial score (nSPS) is 30.8. The van der Waals surface area contributed by atoms with E-state index < -0.39 is 0 Å². The van der Waals surface area contributed by atoms with Crippen molar-refractivity contribution in [3.63, 3.8) is 0 Å². The Morgan fingerprint density at radius 1 is 1.30 bits per heavy atom. The Labute approximate surface area is 121 Å². The number of aliphatic hydroxyl groups is 1. The van der Waals surface area contributed by atoms with Crippen LogP contribution in [0.2, 0.25) is 0 Å². The standard InChI is InChI=1S/C18H25NO/c19-13-18(17(20)15-8-2-1-3-9-15)12-6-10-14-7-4-5-11-16(14)18/h1-2,4-5,7,11,15,17,20H,3,6,8-10,12-13,19H2. The first-order valence-corrected chi connectivity index (χ1v) is 7.89. The zero-order valence-corrected chi connectivity index (χ0v) is 12.1. The summed E-state index contributed by atoms with van der Waals surface area (Å²) >= 11 is 0. The average molecular weight is 271 g/mol. The van der Waals surface area contributed by atoms with Crippen LogP contribution in [-0.4, -0.2) is 17.8 Å². The molecule has 0 heterocycles. The summed E-state index contributed by atoms with van der Waals surface area (Å²) in [6.45, 7) is 0.547. The van der Waals surface area contributed by atoms with Crippen molar-refractivity contribution in [2.24, 2.45) is 11.7 Å². The van der Waals surface area contributed by atoms with E-state index in [9.17, 15) is 5.11 Å². The number of hydrogen-bond donors (Lipinski definition) is 2. The van der Waals surface area contributed by atoms with Gasteiger partial charge in [-0.3, -0.25) is 0 Å². The molecule has 0 spiro atoms. The molecular formula is C18H25NO. The average Bonchev–Trinajstić information content (AvgIpc) is 2.54. The number of fused-ring (bicyclic) bond motifs is 1. The molecule has 0 saturated carbocycles. The molecule has 3 rings (SSSR count). The van der Waals surface area contributed by atoms with E-state index in [1.807, 2.05) is 0 Å². The van der Waals surface area contributed by atoms with Crippen LogP contribution in [0.1, 0.15) is 43.2 Å². The largest absolute Gasteiger partial charge is 0.392 e. The molecule has 2 nitrogen and oxygen atoms in total. The maximum atomic E-state index is 11.1. The Morgan fingerprint density at radius 2 is 2.15 bits per heavy atom. The Balaban J connectivity index is 1.97. The first-order valence-electron chi connectivity index (χ1n) is 7.89. The van der Waals surface area contributed by atoms with Gasteiger partial charge < -0.3 is 10.8 Å². The van der Waals surface area contributed by atoms with Crippen LogP contribution >= 0.6 is 0 Å². The molecule has 2 heteroatoms. The van der Waals surface area contributed by atoms with Crippen LogP contribution in [0, 0.1) is 5.92 Å². The highest BCUT2D eigenvalue weighted by Crippen LogP contribution is 2.43. The van der Waals surface area contributed by atoms with Crippen molar-refractivity contribution in [2.45, 2.75) is 50.0 Å². The Kier molecular flexibility index (Phi) is 3.95. The van der Waals surface area contributed by atoms with Crippen LogP contribution in [0.5, 0.6) is 0 Å². The summed E-state index contributed by atoms with van der Waals surface area (Å²) in [4.78, 5) is 0. The van der Waals surface area contributed by atoms with Crippen molar-refractivity contribution in [3.8, 4) is 0 Å². The summed E-state index contributed by atoms with van der Waals surface area (Å²) < 4.78 is 0. The second kappa shape index (κ2) is 5.71. The summed E-state index contributed by atoms with van der Waals surface area (Å²) in [5.74, 6) is 0.356. The predicted octanol–water partition coefficient (Wildman–Crippen LogP) is 2.94. The van der Waals surface area contributed by atoms with Gasteiger partial charge in [0.25, 0.3) is 0 Å². The third kappa shape index (κ3) is 2.21. The molecule has 0 aromatic heterocycles. The lowest BCUT2D eigenvalue weighted by Crippen LogP contribution is -2.51. The van der Waals surface area contributed by atoms with Crippen LogP contribution in [0.25, 0.3) is 0 Å². The molecule has 0 amide bonds. The maximum Gasteiger partial charge on any atom is 0.0680 e. The topological polar surface area (TPSA) is 46.2 Å². The van der Waals surface area contributed by atoms with Gasteiger partial charge >= 0.3 is 0 Å². The van der Waals surface area contributed by atoms with Crippen LogP contribution in [-0.2, 0) is 11.8 Å². The number of nitrogens with two attached hydrogens (primary N) is 1. The predicted molar refractivity (Wildman–Crippen MR) is 82.6 cm³/mol. The van der Waals surface area contributed by atoms with E-state index in [1.54, 1.807) is 0 Å². The number of hydrogen-bond acceptors (Lipinski definition) is 2. The molecule has 1 aromatic carbocycles. The molecule has 0 radical (unpaired) electrons. The van der Waals surface area contributed by atoms with Gasteiger partial charge in [0.15, 0.2) is 0 Å². The molecule has 20 heavy (non-hydrogen) atoms. The smallest absolute Gasteiger partial charge is 0.0680 e. The molecule has 0 saturated heterocycles. The van der Waals surface area contributed by atoms with Gasteiger partial charge in [0.1, 0.15) is 0 Å². The van der Waals surface area contributed by atoms with Gasteiger partial charge in [0.2, 0.25) is 0 Å². The highest BCUT2D eigenvalue weighted by atomic mass is 16.3. The summed E-state index contributed by atoms with van der Waals surface area (Å²) in [6.07, 6.45) is 10.6. The number of rotatable bonds is 3. The second-order valence-corrected chi connectivity index (χ2v) is 6.36. The number of benzene rings is 1. The Bertz CT molecular complexity index is 496. The maximum absolute atomic E-state index is 11.1. The highest BCUT2D eigenvalue weighted by molar-refractivity contribution is 5.38. The SMILES string of the molecule is NCC1(C(O)C2CC=CCC2)CCCc2ccccc21. The molecule has 1 aromatic rings. The molecule has 0 aliphatic heterocycles. The van der Waals surface area contributed by atoms with Crippen molar-refractivity contribution in [3.05, 3.63) is 47.5 Å². The molecule has 2 aliphatic rings. The summed E-state index contributed by atoms with van der Waals surface area (Å²) in [6, 6.07) is 8.57. The van der Waals surface area contributed by atoms with Gasteiger partial charge in [-0.2, -0.15) is 0 Å². The molecule has 3 N–H and O–H groups in total. The Morgan fingerprint density at radius 3 is 2.90 bits per heavy atom. The van der Waals surface area contributed by atoms with E-state index in [-0.39, 0.29) is 11.5 Å². The van der Waals surface area contributed by atoms with E-state index in [0.29, 0.717) is 12.5 Å². The molecule has 2 aliphatic carbocycles. The fraction of sp³-hybridized carbons (Fsp3) is 0.556. The highest BCUT2D eigenvalue weighted by Gasteiger charge is 2.44. The van der Waals surface area contributed by atoms with Crippen LogP contribution in [0.4, 0.5) is 0 Å². The minimum Gasteiger partial charge on any atom is -0.392 e. The fourth-order valence-electron chi connectivity index (χ4n) is 4.15. The van der Waals surface area contributed by atoms with Crippen molar-refractivity contribution in [1.29, 1.82) is 0 Å². The van der Waals surface area contributed by atoms with Crippen LogP contribution in [0.3, 0.4) is 0 Å². The molecule has 108 valence electrons. The van der Waals surface area contributed by atoms with E-state index in [1.165, 1.54) is 11.1 Å². The van der Waals surface area contributed by atoms with E-state index in [2.05, 4.69) is 36.4 Å². The van der Waals surface area contributed by atoms with Gasteiger partial charge in [0, 0.05) is 12.0 Å². The molecular weight excluding hydrogens is 246 g/mol. The van der Waals surface area contributed by atoms with Crippen LogP contribution < -0.4 is 5.73 Å². The third-order valence-electron chi connectivity index (χ3n) is 5.31. The zero-order valence-electron chi connectivity index (χ0n) is 12.1. The van der Waals surface area contributed by atoms with Crippen molar-refractivity contribution >= 4 is 0 Å². The lowest BCUT2D eigenvalue weighted by molar-refractivity contribution is 0.0181. The van der Waals surface area contributed by atoms with Crippen molar-refractivity contribution in [2.75, 3.05) is 6.54 Å². The lowest BCUT2D eigenvalue weighted by atomic mass is 9.62. The monoisotopic (exact) mass is 271 g/mol. The Hall–Kier alpha value is -1.12. The summed E-state index contributed by atoms with van der Waals surface area (Å²) in [5.41, 5.74) is 8.64. The van der Waals surface area contributed by atoms with Crippen molar-refractivity contribution in [1.82, 2.24) is 0 Å². The zero-order chi connectivity index (χ0) is 14.0. The van der Waals surface area contributed by atoms with Gasteiger partial charge in [-0.25, -0.2) is 0 Å². The van der Waals surface area contributed by atoms with Crippen molar-refractivity contribution < 1.29 is 5.11 Å². The molecule has 0 fully saturated rings. The van der Waals surface area contributed by atoms with Gasteiger partial charge in [0.05, 0.1) is 6.10 Å². The van der Waals surface area contributed by atoms with Gasteiger partial charge in [-0.15, -0.1) is 0 Å². The second-order valence-electron chi connectivity index (χ2n) is 6.36. The number of allylic oxidation sites excluding steroid dienone is 2. The quantitative estimate of drug-likeness (QED) is 0.830. The summed E-state index contributed by atoms with van der Waals surface area (Å²) in [5, 5.41) is 11.1. The molecule has 3 atom stereocenters. The van der Waals surface area contributed by atoms with Crippen LogP contribution in [0.15, 0.2) is 36.4 Å². The minimum atomic E-state index is -0.320. The van der Waals surface area contributed by atoms with Gasteiger partial charge in [-0.05, 0) is 55.6 Å². The van der Waals surface area contributed by atoms with E-state index in [0.717, 1.165) is 38.5 Å². The molecule has 0 bridgehead atoms. The summed E-state index contributed by atoms with van der Waals surface area (Å²) in [7, 11) is 0.